The van der Waals surface area contributed by atoms with Gasteiger partial charge in [-0.1, -0.05) is 151 Å². The highest BCUT2D eigenvalue weighted by atomic mass is 32.1. The average molecular weight is 720 g/mol. The first-order chi connectivity index (χ1) is 37.0. The van der Waals surface area contributed by atoms with E-state index in [1.807, 2.05) is 0 Å². The molecule has 0 radical (unpaired) electrons. The maximum absolute atomic E-state index is 10.1. The van der Waals surface area contributed by atoms with E-state index in [0.29, 0.717) is 11.3 Å². The molecule has 10 aromatic rings. The third kappa shape index (κ3) is 5.47. The van der Waals surface area contributed by atoms with Crippen LogP contribution in [0.4, 0.5) is 17.1 Å². The van der Waals surface area contributed by atoms with Gasteiger partial charge in [0.15, 0.2) is 0 Å². The lowest BCUT2D eigenvalue weighted by Crippen LogP contribution is -2.11. The molecular weight excluding hydrogens is 659 g/mol. The molecular formula is C51H35NS. The van der Waals surface area contributed by atoms with E-state index < -0.39 is 179 Å². The summed E-state index contributed by atoms with van der Waals surface area (Å²) in [6, 6.07) is -10.1. The van der Waals surface area contributed by atoms with Gasteiger partial charge in [0.1, 0.15) is 0 Å². The molecule has 0 saturated carbocycles. The molecule has 1 aromatic heterocycles. The summed E-state index contributed by atoms with van der Waals surface area (Å²) < 4.78 is 233. The van der Waals surface area contributed by atoms with Crippen LogP contribution in [-0.2, 0) is 0 Å². The van der Waals surface area contributed by atoms with Crippen molar-refractivity contribution in [2.24, 2.45) is 0 Å². The van der Waals surface area contributed by atoms with Crippen LogP contribution in [0.25, 0.3) is 75.1 Å². The van der Waals surface area contributed by atoms with Gasteiger partial charge >= 0.3 is 0 Å². The summed E-state index contributed by atoms with van der Waals surface area (Å²) in [6.45, 7) is 1.37. The van der Waals surface area contributed by atoms with Gasteiger partial charge in [0.05, 0.1) is 41.3 Å². The van der Waals surface area contributed by atoms with Crippen molar-refractivity contribution in [2.75, 3.05) is 4.90 Å². The highest BCUT2D eigenvalue weighted by Gasteiger charge is 2.21. The van der Waals surface area contributed by atoms with E-state index in [4.69, 9.17) is 24.7 Å². The van der Waals surface area contributed by atoms with Crippen LogP contribution in [0, 0.1) is 6.92 Å². The minimum Gasteiger partial charge on any atom is -0.310 e. The van der Waals surface area contributed by atoms with E-state index in [-0.39, 0.29) is 75.5 Å². The fourth-order valence-electron chi connectivity index (χ4n) is 6.29. The van der Waals surface area contributed by atoms with Crippen LogP contribution in [0.1, 0.15) is 41.2 Å². The van der Waals surface area contributed by atoms with Gasteiger partial charge in [-0.25, -0.2) is 0 Å². The number of thiophene rings is 1. The maximum Gasteiger partial charge on any atom is 0.0660 e. The predicted molar refractivity (Wildman–Crippen MR) is 230 cm³/mol. The molecule has 0 atom stereocenters. The quantitative estimate of drug-likeness (QED) is 0.165. The van der Waals surface area contributed by atoms with E-state index in [1.54, 1.807) is 0 Å². The van der Waals surface area contributed by atoms with E-state index >= 15 is 0 Å². The number of fused-ring (bicyclic) bond motifs is 5. The minimum atomic E-state index is -0.819. The van der Waals surface area contributed by atoms with Gasteiger partial charge in [-0.15, -0.1) is 11.3 Å². The lowest BCUT2D eigenvalue weighted by atomic mass is 9.95. The zero-order chi connectivity index (χ0) is 57.9. The summed E-state index contributed by atoms with van der Waals surface area (Å²) >= 11 is 0.703. The Balaban J connectivity index is 1.42. The van der Waals surface area contributed by atoms with Crippen molar-refractivity contribution in [3.8, 4) is 33.4 Å². The Morgan fingerprint density at radius 3 is 2.09 bits per heavy atom. The lowest BCUT2D eigenvalue weighted by Gasteiger charge is -2.28. The molecule has 0 aliphatic carbocycles. The molecule has 9 aromatic carbocycles. The second-order valence-electron chi connectivity index (χ2n) is 11.8. The zero-order valence-electron chi connectivity index (χ0n) is 53.3. The largest absolute Gasteiger partial charge is 0.310 e. The van der Waals surface area contributed by atoms with Crippen LogP contribution in [-0.4, -0.2) is 0 Å². The molecule has 0 unspecified atom stereocenters. The highest BCUT2D eigenvalue weighted by Crippen LogP contribution is 2.46. The first-order valence-electron chi connectivity index (χ1n) is 29.0. The Kier molecular flexibility index (Phi) is 3.54. The lowest BCUT2D eigenvalue weighted by molar-refractivity contribution is 1.31. The zero-order valence-corrected chi connectivity index (χ0v) is 28.1. The second-order valence-corrected chi connectivity index (χ2v) is 12.8. The van der Waals surface area contributed by atoms with Crippen LogP contribution < -0.4 is 4.90 Å². The van der Waals surface area contributed by atoms with E-state index in [9.17, 15) is 11.0 Å². The van der Waals surface area contributed by atoms with Gasteiger partial charge in [0, 0.05) is 36.9 Å². The molecule has 2 heteroatoms. The number of nitrogens with zero attached hydrogens (tertiary/aromatic N) is 1. The first-order valence-corrected chi connectivity index (χ1v) is 16.9. The Labute approximate surface area is 350 Å². The van der Waals surface area contributed by atoms with Crippen molar-refractivity contribution in [3.05, 3.63) is 199 Å². The Hall–Kier alpha value is -6.48. The average Bonchev–Trinajstić information content (AvgIpc) is 4.09. The molecule has 0 N–H and O–H groups in total. The Bertz CT molecular complexity index is 4420. The van der Waals surface area contributed by atoms with Crippen molar-refractivity contribution in [1.29, 1.82) is 0 Å². The fourth-order valence-corrected chi connectivity index (χ4v) is 7.27. The number of hydrogen-bond donors (Lipinski definition) is 0. The molecule has 0 fully saturated rings. The van der Waals surface area contributed by atoms with Crippen LogP contribution >= 0.6 is 11.3 Å². The van der Waals surface area contributed by atoms with Crippen molar-refractivity contribution in [3.63, 3.8) is 0 Å². The highest BCUT2D eigenvalue weighted by molar-refractivity contribution is 7.25. The van der Waals surface area contributed by atoms with Crippen LogP contribution in [0.3, 0.4) is 0 Å². The van der Waals surface area contributed by atoms with Gasteiger partial charge in [-0.2, -0.15) is 0 Å². The fraction of sp³-hybridized carbons (Fsp3) is 0.0196. The van der Waals surface area contributed by atoms with E-state index in [1.165, 1.54) is 19.1 Å². The molecule has 0 aliphatic rings. The minimum absolute atomic E-state index is 0.0304. The van der Waals surface area contributed by atoms with Crippen molar-refractivity contribution < 1.29 is 35.6 Å². The summed E-state index contributed by atoms with van der Waals surface area (Å²) in [7, 11) is 0. The molecule has 1 heterocycles. The normalized spacial score (nSPS) is 18.4. The van der Waals surface area contributed by atoms with Crippen molar-refractivity contribution >= 4 is 70.1 Å². The molecule has 53 heavy (non-hydrogen) atoms. The second kappa shape index (κ2) is 12.9. The SMILES string of the molecule is [2H]c1cc(-c2c([2H])c([2H])c(N(c3cc(-c4c([2H])c([2H])c([2H])c([2H])c4[2H])c4cc([2H])c([2H])c([2H])c4c3)c3cc([2H])c4c(sc5c([2H])c([2H])c(-c6c([2H])c([2H])c([2H])c([2H])c6C)c([2H])c54)c3[2H])c3cc([2H])c([2H])c([2H])c23)c([2H])c([2H])c1[2H]. The Morgan fingerprint density at radius 2 is 1.19 bits per heavy atom. The molecule has 10 rings (SSSR count). The third-order valence-electron chi connectivity index (χ3n) is 8.70. The third-order valence-corrected chi connectivity index (χ3v) is 9.72. The summed E-state index contributed by atoms with van der Waals surface area (Å²) in [5, 5.41) is -1.24. The number of hydrogen-bond acceptors (Lipinski definition) is 2. The van der Waals surface area contributed by atoms with E-state index in [2.05, 4.69) is 0 Å². The molecule has 0 amide bonds. The van der Waals surface area contributed by atoms with E-state index in [0.717, 1.165) is 29.2 Å². The standard InChI is InChI=1S/C51H35NS/c1-34-14-8-10-20-41(34)38-24-29-50-48(31-38)46-26-25-39(33-51(46)53-50)52(40-30-37-19-9-11-21-42(37)47(32-40)36-17-6-3-7-18-36)49-28-27-43(35-15-4-2-5-16-35)44-22-12-13-23-45(44)49/h2-33H,1H3/i2D,3D,4D,5D,6D,7D,8D,9D,10D,11D,12D,13D,14D,15D,17D,18D,19D,20D,22D,24D,26D,27D,28D,29D,31D,33D. The van der Waals surface area contributed by atoms with Crippen LogP contribution in [0.2, 0.25) is 0 Å². The van der Waals surface area contributed by atoms with Gasteiger partial charge < -0.3 is 4.90 Å². The summed E-state index contributed by atoms with van der Waals surface area (Å²) in [4.78, 5) is 1.09. The van der Waals surface area contributed by atoms with Crippen LogP contribution in [0.15, 0.2) is 194 Å². The van der Waals surface area contributed by atoms with Crippen molar-refractivity contribution in [2.45, 2.75) is 6.92 Å². The van der Waals surface area contributed by atoms with Gasteiger partial charge in [0.2, 0.25) is 0 Å². The van der Waals surface area contributed by atoms with Gasteiger partial charge in [-0.3, -0.25) is 0 Å². The molecule has 0 bridgehead atoms. The van der Waals surface area contributed by atoms with Crippen molar-refractivity contribution in [1.82, 2.24) is 0 Å². The molecule has 250 valence electrons. The van der Waals surface area contributed by atoms with Crippen LogP contribution in [0.5, 0.6) is 0 Å². The number of rotatable bonds is 6. The number of anilines is 3. The molecule has 1 nitrogen and oxygen atoms in total. The smallest absolute Gasteiger partial charge is 0.0660 e. The maximum atomic E-state index is 10.1. The van der Waals surface area contributed by atoms with Gasteiger partial charge in [0.25, 0.3) is 0 Å². The molecule has 0 spiro atoms. The first kappa shape index (κ1) is 14.5. The molecule has 0 aliphatic heterocycles. The predicted octanol–water partition coefficient (Wildman–Crippen LogP) is 15.1. The summed E-state index contributed by atoms with van der Waals surface area (Å²) in [5.41, 5.74) is -3.28. The topological polar surface area (TPSA) is 3.24 Å². The summed E-state index contributed by atoms with van der Waals surface area (Å²) in [5.74, 6) is 0. The summed E-state index contributed by atoms with van der Waals surface area (Å²) in [6.07, 6.45) is 0. The number of benzene rings is 9. The molecule has 0 saturated heterocycles. The Morgan fingerprint density at radius 1 is 0.434 bits per heavy atom. The monoisotopic (exact) mass is 719 g/mol. The van der Waals surface area contributed by atoms with Gasteiger partial charge in [-0.05, 0) is 104 Å².